The Balaban J connectivity index is 1.85. The minimum Gasteiger partial charge on any atom is -0.289 e. The number of fused-ring (bicyclic) bond motifs is 1. The number of H-pyrrole nitrogens is 1. The molecule has 9 heteroatoms. The van der Waals surface area contributed by atoms with Gasteiger partial charge >= 0.3 is 0 Å². The zero-order chi connectivity index (χ0) is 20.0. The highest BCUT2D eigenvalue weighted by Gasteiger charge is 2.20. The summed E-state index contributed by atoms with van der Waals surface area (Å²) in [7, 11) is 0. The third-order valence-corrected chi connectivity index (χ3v) is 5.43. The highest BCUT2D eigenvalue weighted by molar-refractivity contribution is 7.80. The summed E-state index contributed by atoms with van der Waals surface area (Å²) in [6.07, 6.45) is 0. The first kappa shape index (κ1) is 19.0. The number of nitrogens with zero attached hydrogens (tertiary/aromatic N) is 2. The Kier molecular flexibility index (Phi) is 4.91. The lowest BCUT2D eigenvalue weighted by Crippen LogP contribution is -2.16. The van der Waals surface area contributed by atoms with E-state index in [1.807, 2.05) is 0 Å². The molecule has 4 nitrogen and oxygen atoms in total. The Morgan fingerprint density at radius 2 is 1.75 bits per heavy atom. The van der Waals surface area contributed by atoms with Gasteiger partial charge in [-0.25, -0.2) is 18.3 Å². The van der Waals surface area contributed by atoms with E-state index >= 15 is 0 Å². The van der Waals surface area contributed by atoms with Crippen molar-refractivity contribution < 1.29 is 8.78 Å². The van der Waals surface area contributed by atoms with Gasteiger partial charge in [0.2, 0.25) is 0 Å². The lowest BCUT2D eigenvalue weighted by atomic mass is 10.1. The molecule has 4 aromatic rings. The molecular formula is C19H11Cl2F2N3OS. The SMILES string of the molecule is O=c1cc(C(S)c2cccc(F)c2F)nc2cc(-c3c(Cl)cccc3Cl)[nH]n12. The fraction of sp³-hybridized carbons (Fsp3) is 0.0526. The maximum Gasteiger partial charge on any atom is 0.272 e. The second kappa shape index (κ2) is 7.24. The molecule has 0 aliphatic heterocycles. The number of halogens is 4. The zero-order valence-corrected chi connectivity index (χ0v) is 16.4. The van der Waals surface area contributed by atoms with Crippen LogP contribution >= 0.6 is 35.8 Å². The summed E-state index contributed by atoms with van der Waals surface area (Å²) in [4.78, 5) is 16.9. The minimum atomic E-state index is -1.03. The lowest BCUT2D eigenvalue weighted by Gasteiger charge is -2.11. The van der Waals surface area contributed by atoms with Crippen LogP contribution in [0.2, 0.25) is 10.0 Å². The molecule has 0 fully saturated rings. The highest BCUT2D eigenvalue weighted by Crippen LogP contribution is 2.34. The van der Waals surface area contributed by atoms with Gasteiger partial charge in [0.15, 0.2) is 17.3 Å². The van der Waals surface area contributed by atoms with E-state index in [1.54, 1.807) is 24.3 Å². The van der Waals surface area contributed by atoms with E-state index < -0.39 is 22.4 Å². The quantitative estimate of drug-likeness (QED) is 0.427. The first-order valence-electron chi connectivity index (χ1n) is 8.06. The minimum absolute atomic E-state index is 0.00973. The average molecular weight is 438 g/mol. The van der Waals surface area contributed by atoms with E-state index in [4.69, 9.17) is 23.2 Å². The largest absolute Gasteiger partial charge is 0.289 e. The van der Waals surface area contributed by atoms with Crippen LogP contribution in [-0.2, 0) is 0 Å². The zero-order valence-electron chi connectivity index (χ0n) is 14.0. The molecule has 4 rings (SSSR count). The summed E-state index contributed by atoms with van der Waals surface area (Å²) in [5, 5.41) is 2.79. The number of nitrogens with one attached hydrogen (secondary N) is 1. The number of thiol groups is 1. The molecule has 0 spiro atoms. The lowest BCUT2D eigenvalue weighted by molar-refractivity contribution is 0.500. The van der Waals surface area contributed by atoms with Gasteiger partial charge in [0, 0.05) is 23.3 Å². The van der Waals surface area contributed by atoms with E-state index in [-0.39, 0.29) is 16.9 Å². The third-order valence-electron chi connectivity index (χ3n) is 4.26. The maximum absolute atomic E-state index is 14.1. The summed E-state index contributed by atoms with van der Waals surface area (Å²) in [5.41, 5.74) is 1.02. The monoisotopic (exact) mass is 437 g/mol. The van der Waals surface area contributed by atoms with Crippen molar-refractivity contribution in [3.63, 3.8) is 0 Å². The summed E-state index contributed by atoms with van der Waals surface area (Å²) in [6.45, 7) is 0. The molecule has 2 heterocycles. The number of hydrogen-bond donors (Lipinski definition) is 2. The highest BCUT2D eigenvalue weighted by atomic mass is 35.5. The van der Waals surface area contributed by atoms with E-state index in [1.165, 1.54) is 22.7 Å². The van der Waals surface area contributed by atoms with Gasteiger partial charge in [-0.1, -0.05) is 41.4 Å². The Morgan fingerprint density at radius 1 is 1.07 bits per heavy atom. The first-order valence-corrected chi connectivity index (χ1v) is 9.33. The molecule has 1 unspecified atom stereocenters. The maximum atomic E-state index is 14.1. The Labute approximate surface area is 173 Å². The standard InChI is InChI=1S/C19H11Cl2F2N3OS/c20-10-4-2-5-11(21)17(10)13-7-15-24-14(8-16(27)26(15)25-13)19(28)9-3-1-6-12(22)18(9)23/h1-8,19,25,28H. The predicted molar refractivity (Wildman–Crippen MR) is 108 cm³/mol. The number of hydrogen-bond acceptors (Lipinski definition) is 3. The van der Waals surface area contributed by atoms with Crippen molar-refractivity contribution in [3.8, 4) is 11.3 Å². The predicted octanol–water partition coefficient (Wildman–Crippen LogP) is 5.29. The van der Waals surface area contributed by atoms with Crippen LogP contribution in [0.1, 0.15) is 16.5 Å². The fourth-order valence-corrected chi connectivity index (χ4v) is 3.86. The number of aromatic amines is 1. The van der Waals surface area contributed by atoms with E-state index in [2.05, 4.69) is 22.7 Å². The van der Waals surface area contributed by atoms with Gasteiger partial charge in [0.05, 0.1) is 26.7 Å². The van der Waals surface area contributed by atoms with Crippen molar-refractivity contribution >= 4 is 41.5 Å². The van der Waals surface area contributed by atoms with Crippen LogP contribution in [0.4, 0.5) is 8.78 Å². The number of benzene rings is 2. The van der Waals surface area contributed by atoms with Gasteiger partial charge in [-0.3, -0.25) is 9.89 Å². The molecule has 0 aliphatic rings. The number of aromatic nitrogens is 3. The van der Waals surface area contributed by atoms with Crippen LogP contribution in [0.5, 0.6) is 0 Å². The molecule has 0 radical (unpaired) electrons. The van der Waals surface area contributed by atoms with Crippen LogP contribution < -0.4 is 5.56 Å². The van der Waals surface area contributed by atoms with Crippen LogP contribution in [0, 0.1) is 11.6 Å². The summed E-state index contributed by atoms with van der Waals surface area (Å²) in [6, 6.07) is 11.6. The molecule has 142 valence electrons. The molecule has 0 amide bonds. The van der Waals surface area contributed by atoms with Crippen LogP contribution in [-0.4, -0.2) is 14.6 Å². The Hall–Kier alpha value is -2.35. The summed E-state index contributed by atoms with van der Waals surface area (Å²) >= 11 is 16.8. The molecule has 0 aliphatic carbocycles. The van der Waals surface area contributed by atoms with Gasteiger partial charge < -0.3 is 0 Å². The second-order valence-corrected chi connectivity index (χ2v) is 7.36. The third kappa shape index (κ3) is 3.19. The first-order chi connectivity index (χ1) is 13.4. The van der Waals surface area contributed by atoms with Crippen LogP contribution in [0.25, 0.3) is 16.9 Å². The molecule has 0 saturated heterocycles. The van der Waals surface area contributed by atoms with Gasteiger partial charge in [-0.2, -0.15) is 12.6 Å². The normalized spacial score (nSPS) is 12.5. The van der Waals surface area contributed by atoms with Crippen LogP contribution in [0.3, 0.4) is 0 Å². The topological polar surface area (TPSA) is 50.2 Å². The Morgan fingerprint density at radius 3 is 2.46 bits per heavy atom. The van der Waals surface area contributed by atoms with Crippen molar-refractivity contribution in [1.29, 1.82) is 0 Å². The average Bonchev–Trinajstić information content (AvgIpc) is 3.07. The van der Waals surface area contributed by atoms with Gasteiger partial charge in [-0.15, -0.1) is 0 Å². The van der Waals surface area contributed by atoms with E-state index in [0.717, 1.165) is 6.07 Å². The summed E-state index contributed by atoms with van der Waals surface area (Å²) < 4.78 is 28.8. The van der Waals surface area contributed by atoms with Gasteiger partial charge in [-0.05, 0) is 18.2 Å². The molecule has 2 aromatic heterocycles. The molecule has 28 heavy (non-hydrogen) atoms. The molecular weight excluding hydrogens is 427 g/mol. The molecule has 2 aromatic carbocycles. The van der Waals surface area contributed by atoms with Crippen molar-refractivity contribution in [2.75, 3.05) is 0 Å². The molecule has 1 atom stereocenters. The summed E-state index contributed by atoms with van der Waals surface area (Å²) in [5.74, 6) is -2.02. The van der Waals surface area contributed by atoms with E-state index in [9.17, 15) is 13.6 Å². The van der Waals surface area contributed by atoms with Gasteiger partial charge in [0.25, 0.3) is 5.56 Å². The molecule has 0 bridgehead atoms. The second-order valence-electron chi connectivity index (χ2n) is 6.02. The van der Waals surface area contributed by atoms with E-state index in [0.29, 0.717) is 21.3 Å². The van der Waals surface area contributed by atoms with Crippen molar-refractivity contribution in [1.82, 2.24) is 14.6 Å². The number of rotatable bonds is 3. The van der Waals surface area contributed by atoms with Crippen molar-refractivity contribution in [2.24, 2.45) is 0 Å². The van der Waals surface area contributed by atoms with Gasteiger partial charge in [0.1, 0.15) is 0 Å². The fourth-order valence-electron chi connectivity index (χ4n) is 2.92. The molecule has 1 N–H and O–H groups in total. The smallest absolute Gasteiger partial charge is 0.272 e. The van der Waals surface area contributed by atoms with Crippen molar-refractivity contribution in [3.05, 3.63) is 91.8 Å². The molecule has 0 saturated carbocycles. The Bertz CT molecular complexity index is 1250. The van der Waals surface area contributed by atoms with Crippen LogP contribution in [0.15, 0.2) is 53.3 Å². The van der Waals surface area contributed by atoms with Crippen molar-refractivity contribution in [2.45, 2.75) is 5.25 Å².